The number of carbonyl (C=O) groups excluding carboxylic acids is 1. The molecule has 2 heterocycles. The molecule has 24 heavy (non-hydrogen) atoms. The highest BCUT2D eigenvalue weighted by Crippen LogP contribution is 2.26. The van der Waals surface area contributed by atoms with Gasteiger partial charge < -0.3 is 16.0 Å². The molecule has 0 aliphatic rings. The van der Waals surface area contributed by atoms with E-state index in [2.05, 4.69) is 57.3 Å². The van der Waals surface area contributed by atoms with E-state index in [0.717, 1.165) is 6.54 Å². The Hall–Kier alpha value is -2.41. The minimum absolute atomic E-state index is 0.0102. The number of thiophene rings is 1. The first kappa shape index (κ1) is 17.9. The van der Waals surface area contributed by atoms with Gasteiger partial charge >= 0.3 is 0 Å². The maximum absolute atomic E-state index is 11.9. The number of hydrogen-bond acceptors (Lipinski definition) is 4. The third-order valence-corrected chi connectivity index (χ3v) is 4.71. The molecule has 128 valence electrons. The largest absolute Gasteiger partial charge is 0.356 e. The molecule has 0 saturated carbocycles. The molecular formula is C17H23N5OS. The van der Waals surface area contributed by atoms with Crippen molar-refractivity contribution >= 4 is 28.9 Å². The van der Waals surface area contributed by atoms with Crippen LogP contribution in [0.5, 0.6) is 0 Å². The average Bonchev–Trinajstić information content (AvgIpc) is 3.11. The Bertz CT molecular complexity index is 668. The average molecular weight is 345 g/mol. The molecular weight excluding hydrogens is 322 g/mol. The number of aromatic nitrogens is 1. The number of anilines is 1. The van der Waals surface area contributed by atoms with Gasteiger partial charge in [0.1, 0.15) is 0 Å². The molecule has 0 radical (unpaired) electrons. The zero-order valence-electron chi connectivity index (χ0n) is 14.2. The molecule has 0 saturated heterocycles. The standard InChI is InChI=1S/C17H23N5OS/c1-17(2,14-7-5-9-24-14)12-21-16(18-3)20-11-15(23)22-13-6-4-8-19-10-13/h4-10H,11-12H2,1-3H3,(H,22,23)(H2,18,20,21). The summed E-state index contributed by atoms with van der Waals surface area (Å²) in [5, 5.41) is 11.1. The second kappa shape index (κ2) is 8.44. The summed E-state index contributed by atoms with van der Waals surface area (Å²) in [6.45, 7) is 5.20. The van der Waals surface area contributed by atoms with E-state index in [9.17, 15) is 4.79 Å². The first-order valence-electron chi connectivity index (χ1n) is 7.69. The van der Waals surface area contributed by atoms with Crippen molar-refractivity contribution in [2.75, 3.05) is 25.5 Å². The van der Waals surface area contributed by atoms with Crippen LogP contribution in [0.2, 0.25) is 0 Å². The highest BCUT2D eigenvalue weighted by Gasteiger charge is 2.22. The normalized spacial score (nSPS) is 11.9. The fourth-order valence-corrected chi connectivity index (χ4v) is 2.93. The van der Waals surface area contributed by atoms with Gasteiger partial charge in [-0.2, -0.15) is 0 Å². The summed E-state index contributed by atoms with van der Waals surface area (Å²) in [7, 11) is 1.69. The quantitative estimate of drug-likeness (QED) is 0.554. The third-order valence-electron chi connectivity index (χ3n) is 3.47. The van der Waals surface area contributed by atoms with Gasteiger partial charge in [-0.3, -0.25) is 14.8 Å². The summed E-state index contributed by atoms with van der Waals surface area (Å²) < 4.78 is 0. The van der Waals surface area contributed by atoms with E-state index in [1.807, 2.05) is 0 Å². The summed E-state index contributed by atoms with van der Waals surface area (Å²) >= 11 is 1.74. The Labute approximate surface area is 146 Å². The Balaban J connectivity index is 1.79. The molecule has 2 aromatic heterocycles. The molecule has 0 aliphatic carbocycles. The lowest BCUT2D eigenvalue weighted by Crippen LogP contribution is -2.45. The molecule has 0 aromatic carbocycles. The predicted molar refractivity (Wildman–Crippen MR) is 99.6 cm³/mol. The number of guanidine groups is 1. The molecule has 0 bridgehead atoms. The van der Waals surface area contributed by atoms with Gasteiger partial charge in [0.15, 0.2) is 5.96 Å². The summed E-state index contributed by atoms with van der Waals surface area (Å²) in [5.41, 5.74) is 0.662. The maximum Gasteiger partial charge on any atom is 0.243 e. The number of hydrogen-bond donors (Lipinski definition) is 3. The molecule has 3 N–H and O–H groups in total. The minimum atomic E-state index is -0.150. The molecule has 6 nitrogen and oxygen atoms in total. The number of rotatable bonds is 6. The number of nitrogens with one attached hydrogen (secondary N) is 3. The monoisotopic (exact) mass is 345 g/mol. The molecule has 1 amide bonds. The first-order valence-corrected chi connectivity index (χ1v) is 8.57. The van der Waals surface area contributed by atoms with Crippen LogP contribution in [-0.4, -0.2) is 37.0 Å². The van der Waals surface area contributed by atoms with Crippen LogP contribution in [-0.2, 0) is 10.2 Å². The van der Waals surface area contributed by atoms with Gasteiger partial charge in [-0.1, -0.05) is 19.9 Å². The lowest BCUT2D eigenvalue weighted by atomic mass is 9.91. The molecule has 0 unspecified atom stereocenters. The lowest BCUT2D eigenvalue weighted by Gasteiger charge is -2.25. The summed E-state index contributed by atoms with van der Waals surface area (Å²) in [5.74, 6) is 0.449. The van der Waals surface area contributed by atoms with Crippen LogP contribution in [0, 0.1) is 0 Å². The molecule has 7 heteroatoms. The van der Waals surface area contributed by atoms with Gasteiger partial charge in [0.2, 0.25) is 5.91 Å². The Morgan fingerprint density at radius 1 is 1.29 bits per heavy atom. The Morgan fingerprint density at radius 2 is 2.12 bits per heavy atom. The van der Waals surface area contributed by atoms with E-state index in [4.69, 9.17) is 0 Å². The van der Waals surface area contributed by atoms with Crippen molar-refractivity contribution in [1.29, 1.82) is 0 Å². The van der Waals surface area contributed by atoms with Crippen LogP contribution in [0.1, 0.15) is 18.7 Å². The van der Waals surface area contributed by atoms with Crippen LogP contribution < -0.4 is 16.0 Å². The zero-order valence-corrected chi connectivity index (χ0v) is 15.0. The van der Waals surface area contributed by atoms with Crippen molar-refractivity contribution in [2.45, 2.75) is 19.3 Å². The first-order chi connectivity index (χ1) is 11.5. The minimum Gasteiger partial charge on any atom is -0.356 e. The third kappa shape index (κ3) is 5.34. The van der Waals surface area contributed by atoms with E-state index in [1.165, 1.54) is 4.88 Å². The van der Waals surface area contributed by atoms with Gasteiger partial charge in [-0.25, -0.2) is 0 Å². The SMILES string of the molecule is CN=C(NCC(=O)Nc1cccnc1)NCC(C)(C)c1cccs1. The van der Waals surface area contributed by atoms with Gasteiger partial charge in [0.05, 0.1) is 18.4 Å². The Morgan fingerprint density at radius 3 is 2.75 bits per heavy atom. The van der Waals surface area contributed by atoms with Gasteiger partial charge in [0, 0.05) is 30.1 Å². The van der Waals surface area contributed by atoms with Crippen molar-refractivity contribution in [3.8, 4) is 0 Å². The summed E-state index contributed by atoms with van der Waals surface area (Å²) in [6.07, 6.45) is 3.27. The number of aliphatic imine (C=N–C) groups is 1. The van der Waals surface area contributed by atoms with Crippen molar-refractivity contribution in [1.82, 2.24) is 15.6 Å². The summed E-state index contributed by atoms with van der Waals surface area (Å²) in [4.78, 5) is 21.4. The lowest BCUT2D eigenvalue weighted by molar-refractivity contribution is -0.115. The van der Waals surface area contributed by atoms with Crippen LogP contribution in [0.15, 0.2) is 47.0 Å². The maximum atomic E-state index is 11.9. The Kier molecular flexibility index (Phi) is 6.31. The van der Waals surface area contributed by atoms with Gasteiger partial charge in [0.25, 0.3) is 0 Å². The van der Waals surface area contributed by atoms with Crippen LogP contribution in [0.4, 0.5) is 5.69 Å². The highest BCUT2D eigenvalue weighted by atomic mass is 32.1. The van der Waals surface area contributed by atoms with E-state index < -0.39 is 0 Å². The topological polar surface area (TPSA) is 78.4 Å². The fourth-order valence-electron chi connectivity index (χ4n) is 2.08. The number of carbonyl (C=O) groups is 1. The second-order valence-corrected chi connectivity index (χ2v) is 6.88. The van der Waals surface area contributed by atoms with E-state index >= 15 is 0 Å². The van der Waals surface area contributed by atoms with Gasteiger partial charge in [-0.05, 0) is 23.6 Å². The fraction of sp³-hybridized carbons (Fsp3) is 0.353. The van der Waals surface area contributed by atoms with Crippen LogP contribution >= 0.6 is 11.3 Å². The van der Waals surface area contributed by atoms with Crippen LogP contribution in [0.3, 0.4) is 0 Å². The summed E-state index contributed by atoms with van der Waals surface area (Å²) in [6, 6.07) is 7.75. The predicted octanol–water partition coefficient (Wildman–Crippen LogP) is 2.22. The number of pyridine rings is 1. The second-order valence-electron chi connectivity index (χ2n) is 5.93. The van der Waals surface area contributed by atoms with Crippen molar-refractivity contribution in [3.05, 3.63) is 46.9 Å². The smallest absolute Gasteiger partial charge is 0.243 e. The molecule has 0 atom stereocenters. The molecule has 2 aromatic rings. The van der Waals surface area contributed by atoms with Crippen LogP contribution in [0.25, 0.3) is 0 Å². The van der Waals surface area contributed by atoms with E-state index in [0.29, 0.717) is 11.6 Å². The number of amides is 1. The number of nitrogens with zero attached hydrogens (tertiary/aromatic N) is 2. The molecule has 0 aliphatic heterocycles. The van der Waals surface area contributed by atoms with Crippen molar-refractivity contribution in [2.24, 2.45) is 4.99 Å². The zero-order chi connectivity index (χ0) is 17.4. The molecule has 0 spiro atoms. The highest BCUT2D eigenvalue weighted by molar-refractivity contribution is 7.10. The van der Waals surface area contributed by atoms with Crippen molar-refractivity contribution < 1.29 is 4.79 Å². The molecule has 0 fully saturated rings. The van der Waals surface area contributed by atoms with E-state index in [1.54, 1.807) is 42.9 Å². The van der Waals surface area contributed by atoms with E-state index in [-0.39, 0.29) is 17.9 Å². The molecule has 2 rings (SSSR count). The van der Waals surface area contributed by atoms with Gasteiger partial charge in [-0.15, -0.1) is 11.3 Å². The van der Waals surface area contributed by atoms with Crippen molar-refractivity contribution in [3.63, 3.8) is 0 Å².